The van der Waals surface area contributed by atoms with Crippen LogP contribution in [0.25, 0.3) is 0 Å². The molecule has 1 N–H and O–H groups in total. The standard InChI is InChI=1S/C15H21NO2/c1-12-8-4-3-7-11-16(12)14(15(17)18)13-9-5-2-6-10-13/h2,5-6,9-10,12,14H,3-4,7-8,11H2,1H3,(H,17,18). The van der Waals surface area contributed by atoms with E-state index < -0.39 is 12.0 Å². The van der Waals surface area contributed by atoms with Gasteiger partial charge in [0.05, 0.1) is 0 Å². The average Bonchev–Trinajstić information content (AvgIpc) is 2.56. The van der Waals surface area contributed by atoms with E-state index in [0.717, 1.165) is 24.9 Å². The molecule has 98 valence electrons. The van der Waals surface area contributed by atoms with Gasteiger partial charge in [-0.2, -0.15) is 0 Å². The molecule has 0 bridgehead atoms. The van der Waals surface area contributed by atoms with Gasteiger partial charge >= 0.3 is 5.97 Å². The summed E-state index contributed by atoms with van der Waals surface area (Å²) >= 11 is 0. The highest BCUT2D eigenvalue weighted by Crippen LogP contribution is 2.28. The summed E-state index contributed by atoms with van der Waals surface area (Å²) in [7, 11) is 0. The van der Waals surface area contributed by atoms with Crippen molar-refractivity contribution in [1.29, 1.82) is 0 Å². The fourth-order valence-electron chi connectivity index (χ4n) is 2.79. The Labute approximate surface area is 108 Å². The highest BCUT2D eigenvalue weighted by molar-refractivity contribution is 5.75. The van der Waals surface area contributed by atoms with Gasteiger partial charge in [0.15, 0.2) is 0 Å². The summed E-state index contributed by atoms with van der Waals surface area (Å²) in [5.41, 5.74) is 0.888. The lowest BCUT2D eigenvalue weighted by atomic mass is 10.0. The van der Waals surface area contributed by atoms with E-state index in [9.17, 15) is 9.90 Å². The van der Waals surface area contributed by atoms with Crippen molar-refractivity contribution in [1.82, 2.24) is 4.90 Å². The number of rotatable bonds is 3. The molecule has 0 radical (unpaired) electrons. The lowest BCUT2D eigenvalue weighted by molar-refractivity contribution is -0.144. The number of carbonyl (C=O) groups is 1. The van der Waals surface area contributed by atoms with Crippen molar-refractivity contribution >= 4 is 5.97 Å². The lowest BCUT2D eigenvalue weighted by Crippen LogP contribution is -2.40. The molecule has 18 heavy (non-hydrogen) atoms. The maximum atomic E-state index is 11.6. The van der Waals surface area contributed by atoms with E-state index in [4.69, 9.17) is 0 Å². The van der Waals surface area contributed by atoms with Gasteiger partial charge in [-0.25, -0.2) is 0 Å². The molecule has 2 unspecified atom stereocenters. The SMILES string of the molecule is CC1CCCCCN1C(C(=O)O)c1ccccc1. The van der Waals surface area contributed by atoms with Crippen LogP contribution in [0.5, 0.6) is 0 Å². The molecule has 0 aromatic heterocycles. The van der Waals surface area contributed by atoms with E-state index in [0.29, 0.717) is 6.04 Å². The molecule has 1 aromatic carbocycles. The molecule has 1 aromatic rings. The Bertz CT molecular complexity index is 391. The van der Waals surface area contributed by atoms with Crippen LogP contribution in [0.2, 0.25) is 0 Å². The number of likely N-dealkylation sites (tertiary alicyclic amines) is 1. The number of benzene rings is 1. The van der Waals surface area contributed by atoms with Crippen molar-refractivity contribution in [3.05, 3.63) is 35.9 Å². The Morgan fingerprint density at radius 3 is 2.67 bits per heavy atom. The van der Waals surface area contributed by atoms with Crippen LogP contribution in [-0.2, 0) is 4.79 Å². The van der Waals surface area contributed by atoms with Crippen LogP contribution in [0.1, 0.15) is 44.2 Å². The van der Waals surface area contributed by atoms with Gasteiger partial charge in [0.25, 0.3) is 0 Å². The molecule has 0 spiro atoms. The van der Waals surface area contributed by atoms with Crippen LogP contribution in [-0.4, -0.2) is 28.6 Å². The minimum Gasteiger partial charge on any atom is -0.480 e. The zero-order valence-corrected chi connectivity index (χ0v) is 10.9. The maximum Gasteiger partial charge on any atom is 0.325 e. The molecular weight excluding hydrogens is 226 g/mol. The van der Waals surface area contributed by atoms with E-state index in [1.165, 1.54) is 12.8 Å². The van der Waals surface area contributed by atoms with Crippen molar-refractivity contribution in [3.8, 4) is 0 Å². The molecule has 1 heterocycles. The summed E-state index contributed by atoms with van der Waals surface area (Å²) in [4.78, 5) is 13.8. The van der Waals surface area contributed by atoms with E-state index in [-0.39, 0.29) is 0 Å². The fourth-order valence-corrected chi connectivity index (χ4v) is 2.79. The summed E-state index contributed by atoms with van der Waals surface area (Å²) in [5, 5.41) is 9.55. The van der Waals surface area contributed by atoms with Crippen LogP contribution in [0, 0.1) is 0 Å². The molecule has 1 saturated heterocycles. The van der Waals surface area contributed by atoms with Crippen molar-refractivity contribution in [2.45, 2.75) is 44.7 Å². The summed E-state index contributed by atoms with van der Waals surface area (Å²) < 4.78 is 0. The largest absolute Gasteiger partial charge is 0.480 e. The molecule has 3 nitrogen and oxygen atoms in total. The van der Waals surface area contributed by atoms with Crippen LogP contribution < -0.4 is 0 Å². The van der Waals surface area contributed by atoms with Gasteiger partial charge in [0.1, 0.15) is 6.04 Å². The second-order valence-electron chi connectivity index (χ2n) is 5.09. The van der Waals surface area contributed by atoms with Gasteiger partial charge in [-0.3, -0.25) is 9.69 Å². The first kappa shape index (κ1) is 13.1. The van der Waals surface area contributed by atoms with Crippen molar-refractivity contribution in [3.63, 3.8) is 0 Å². The number of nitrogens with zero attached hydrogens (tertiary/aromatic N) is 1. The predicted molar refractivity (Wildman–Crippen MR) is 71.5 cm³/mol. The Balaban J connectivity index is 2.26. The second kappa shape index (κ2) is 6.01. The molecule has 2 rings (SSSR count). The minimum absolute atomic E-state index is 0.341. The van der Waals surface area contributed by atoms with Gasteiger partial charge in [0.2, 0.25) is 0 Å². The number of hydrogen-bond donors (Lipinski definition) is 1. The predicted octanol–water partition coefficient (Wildman–Crippen LogP) is 3.08. The van der Waals surface area contributed by atoms with Gasteiger partial charge in [0, 0.05) is 6.04 Å². The zero-order valence-electron chi connectivity index (χ0n) is 10.9. The Morgan fingerprint density at radius 1 is 1.28 bits per heavy atom. The summed E-state index contributed by atoms with van der Waals surface area (Å²) in [6.07, 6.45) is 4.61. The molecule has 0 amide bonds. The number of carboxylic acid groups (broad SMARTS) is 1. The molecule has 0 saturated carbocycles. The quantitative estimate of drug-likeness (QED) is 0.892. The smallest absolute Gasteiger partial charge is 0.325 e. The first-order chi connectivity index (χ1) is 8.70. The molecule has 0 aliphatic carbocycles. The fraction of sp³-hybridized carbons (Fsp3) is 0.533. The molecular formula is C15H21NO2. The minimum atomic E-state index is -0.741. The van der Waals surface area contributed by atoms with Crippen LogP contribution in [0.3, 0.4) is 0 Å². The Hall–Kier alpha value is -1.35. The number of carboxylic acids is 1. The first-order valence-corrected chi connectivity index (χ1v) is 6.73. The molecule has 3 heteroatoms. The van der Waals surface area contributed by atoms with Gasteiger partial charge in [-0.15, -0.1) is 0 Å². The second-order valence-corrected chi connectivity index (χ2v) is 5.09. The average molecular weight is 247 g/mol. The molecule has 1 aliphatic rings. The number of hydrogen-bond acceptors (Lipinski definition) is 2. The van der Waals surface area contributed by atoms with Crippen LogP contribution >= 0.6 is 0 Å². The zero-order chi connectivity index (χ0) is 13.0. The van der Waals surface area contributed by atoms with Crippen LogP contribution in [0.15, 0.2) is 30.3 Å². The van der Waals surface area contributed by atoms with Crippen LogP contribution in [0.4, 0.5) is 0 Å². The highest BCUT2D eigenvalue weighted by atomic mass is 16.4. The van der Waals surface area contributed by atoms with Crippen molar-refractivity contribution < 1.29 is 9.90 Å². The van der Waals surface area contributed by atoms with Gasteiger partial charge in [-0.05, 0) is 31.9 Å². The summed E-state index contributed by atoms with van der Waals surface area (Å²) in [6.45, 7) is 3.03. The summed E-state index contributed by atoms with van der Waals surface area (Å²) in [5.74, 6) is -0.741. The Kier molecular flexibility index (Phi) is 4.37. The topological polar surface area (TPSA) is 40.5 Å². The van der Waals surface area contributed by atoms with E-state index in [2.05, 4.69) is 11.8 Å². The molecule has 2 atom stereocenters. The maximum absolute atomic E-state index is 11.6. The highest BCUT2D eigenvalue weighted by Gasteiger charge is 2.31. The lowest BCUT2D eigenvalue weighted by Gasteiger charge is -2.32. The molecule has 1 fully saturated rings. The first-order valence-electron chi connectivity index (χ1n) is 6.73. The van der Waals surface area contributed by atoms with Crippen molar-refractivity contribution in [2.75, 3.05) is 6.54 Å². The van der Waals surface area contributed by atoms with Gasteiger partial charge < -0.3 is 5.11 Å². The van der Waals surface area contributed by atoms with E-state index in [1.54, 1.807) is 0 Å². The molecule has 1 aliphatic heterocycles. The van der Waals surface area contributed by atoms with E-state index >= 15 is 0 Å². The van der Waals surface area contributed by atoms with Gasteiger partial charge in [-0.1, -0.05) is 43.2 Å². The van der Waals surface area contributed by atoms with Crippen molar-refractivity contribution in [2.24, 2.45) is 0 Å². The van der Waals surface area contributed by atoms with E-state index in [1.807, 2.05) is 30.3 Å². The monoisotopic (exact) mass is 247 g/mol. The Morgan fingerprint density at radius 2 is 2.00 bits per heavy atom. The number of aliphatic carboxylic acids is 1. The normalized spacial score (nSPS) is 23.3. The third kappa shape index (κ3) is 2.91. The third-order valence-corrected chi connectivity index (χ3v) is 3.79. The summed E-state index contributed by atoms with van der Waals surface area (Å²) in [6, 6.07) is 9.41. The third-order valence-electron chi connectivity index (χ3n) is 3.79.